The molecule has 12 heavy (non-hydrogen) atoms. The maximum Gasteiger partial charge on any atom is 0.0656 e. The van der Waals surface area contributed by atoms with E-state index < -0.39 is 0 Å². The Bertz CT molecular complexity index is 240. The summed E-state index contributed by atoms with van der Waals surface area (Å²) in [7, 11) is 0. The third-order valence-electron chi connectivity index (χ3n) is 1.62. The van der Waals surface area contributed by atoms with Gasteiger partial charge in [0.2, 0.25) is 0 Å². The van der Waals surface area contributed by atoms with Crippen molar-refractivity contribution in [2.75, 3.05) is 0 Å². The van der Waals surface area contributed by atoms with Gasteiger partial charge in [0.15, 0.2) is 0 Å². The molecule has 1 atom stereocenters. The van der Waals surface area contributed by atoms with Crippen molar-refractivity contribution in [3.63, 3.8) is 0 Å². The predicted octanol–water partition coefficient (Wildman–Crippen LogP) is 3.22. The normalized spacial score (nSPS) is 13.2. The molecule has 0 aliphatic heterocycles. The molecule has 0 aliphatic rings. The predicted molar refractivity (Wildman–Crippen MR) is 52.5 cm³/mol. The summed E-state index contributed by atoms with van der Waals surface area (Å²) in [6.07, 6.45) is 4.54. The lowest BCUT2D eigenvalue weighted by molar-refractivity contribution is 0.758. The Hall–Kier alpha value is -1.29. The minimum Gasteiger partial charge on any atom is -0.198 e. The number of hydrogen-bond donors (Lipinski definition) is 0. The molecule has 0 saturated heterocycles. The first-order chi connectivity index (χ1) is 5.61. The summed E-state index contributed by atoms with van der Waals surface area (Å²) in [6.45, 7) is 11.3. The van der Waals surface area contributed by atoms with Crippen LogP contribution in [-0.2, 0) is 0 Å². The lowest BCUT2D eigenvalue weighted by Crippen LogP contribution is -1.88. The van der Waals surface area contributed by atoms with Crippen LogP contribution in [0.1, 0.15) is 20.3 Å². The van der Waals surface area contributed by atoms with Crippen LogP contribution < -0.4 is 0 Å². The summed E-state index contributed by atoms with van der Waals surface area (Å²) in [5.41, 5.74) is 2.03. The van der Waals surface area contributed by atoms with Crippen LogP contribution in [0.5, 0.6) is 0 Å². The van der Waals surface area contributed by atoms with Crippen molar-refractivity contribution < 1.29 is 0 Å². The molecule has 0 aromatic heterocycles. The number of nitriles is 1. The molecule has 0 heterocycles. The highest BCUT2D eigenvalue weighted by atomic mass is 14.2. The monoisotopic (exact) mass is 161 g/mol. The quantitative estimate of drug-likeness (QED) is 0.581. The smallest absolute Gasteiger partial charge is 0.0656 e. The summed E-state index contributed by atoms with van der Waals surface area (Å²) in [5.74, 6) is 0.0688. The molecular weight excluding hydrogens is 146 g/mol. The highest BCUT2D eigenvalue weighted by Gasteiger charge is 1.97. The largest absolute Gasteiger partial charge is 0.198 e. The lowest BCUT2D eigenvalue weighted by Gasteiger charge is -2.00. The topological polar surface area (TPSA) is 23.8 Å². The van der Waals surface area contributed by atoms with Gasteiger partial charge in [-0.2, -0.15) is 5.26 Å². The van der Waals surface area contributed by atoms with Crippen molar-refractivity contribution in [1.82, 2.24) is 0 Å². The van der Waals surface area contributed by atoms with Gasteiger partial charge in [-0.05, 0) is 25.8 Å². The van der Waals surface area contributed by atoms with Crippen LogP contribution in [0.25, 0.3) is 0 Å². The van der Waals surface area contributed by atoms with Crippen LogP contribution in [0.15, 0.2) is 36.5 Å². The van der Waals surface area contributed by atoms with Crippen molar-refractivity contribution in [2.24, 2.45) is 5.92 Å². The first-order valence-corrected chi connectivity index (χ1v) is 4.00. The molecule has 1 heteroatoms. The van der Waals surface area contributed by atoms with Crippen LogP contribution in [0, 0.1) is 17.2 Å². The van der Waals surface area contributed by atoms with Gasteiger partial charge in [-0.15, -0.1) is 0 Å². The molecular formula is C11H15N. The van der Waals surface area contributed by atoms with E-state index in [9.17, 15) is 0 Å². The third-order valence-corrected chi connectivity index (χ3v) is 1.62. The maximum atomic E-state index is 8.53. The zero-order valence-corrected chi connectivity index (χ0v) is 7.80. The third kappa shape index (κ3) is 3.78. The Labute approximate surface area is 74.7 Å². The van der Waals surface area contributed by atoms with E-state index in [2.05, 4.69) is 19.2 Å². The van der Waals surface area contributed by atoms with E-state index in [4.69, 9.17) is 5.26 Å². The molecule has 0 rings (SSSR count). The zero-order valence-electron chi connectivity index (χ0n) is 7.80. The van der Waals surface area contributed by atoms with Gasteiger partial charge >= 0.3 is 0 Å². The van der Waals surface area contributed by atoms with E-state index in [0.29, 0.717) is 0 Å². The van der Waals surface area contributed by atoms with Gasteiger partial charge in [-0.3, -0.25) is 0 Å². The van der Waals surface area contributed by atoms with E-state index in [1.165, 1.54) is 0 Å². The second-order valence-corrected chi connectivity index (χ2v) is 2.91. The molecule has 0 fully saturated rings. The first-order valence-electron chi connectivity index (χ1n) is 4.00. The van der Waals surface area contributed by atoms with Gasteiger partial charge in [0.05, 0.1) is 6.07 Å². The average Bonchev–Trinajstić information content (AvgIpc) is 2.04. The van der Waals surface area contributed by atoms with E-state index >= 15 is 0 Å². The minimum absolute atomic E-state index is 0.0688. The van der Waals surface area contributed by atoms with E-state index in [1.807, 2.05) is 19.9 Å². The summed E-state index contributed by atoms with van der Waals surface area (Å²) < 4.78 is 0. The van der Waals surface area contributed by atoms with Crippen LogP contribution >= 0.6 is 0 Å². The molecule has 1 nitrogen and oxygen atoms in total. The van der Waals surface area contributed by atoms with Gasteiger partial charge in [-0.1, -0.05) is 30.9 Å². The fourth-order valence-corrected chi connectivity index (χ4v) is 0.788. The van der Waals surface area contributed by atoms with E-state index in [1.54, 1.807) is 6.08 Å². The summed E-state index contributed by atoms with van der Waals surface area (Å²) in [4.78, 5) is 0. The van der Waals surface area contributed by atoms with Crippen molar-refractivity contribution in [3.8, 4) is 6.07 Å². The fourth-order valence-electron chi connectivity index (χ4n) is 0.788. The Kier molecular flexibility index (Phi) is 4.79. The molecule has 0 spiro atoms. The van der Waals surface area contributed by atoms with Crippen LogP contribution in [0.3, 0.4) is 0 Å². The van der Waals surface area contributed by atoms with Crippen LogP contribution in [0.4, 0.5) is 0 Å². The molecule has 0 radical (unpaired) electrons. The lowest BCUT2D eigenvalue weighted by atomic mass is 10.0. The number of rotatable bonds is 4. The minimum atomic E-state index is 0.0688. The summed E-state index contributed by atoms with van der Waals surface area (Å²) in [5, 5.41) is 8.53. The van der Waals surface area contributed by atoms with Gasteiger partial charge < -0.3 is 0 Å². The number of hydrogen-bond acceptors (Lipinski definition) is 1. The Morgan fingerprint density at radius 1 is 1.67 bits per heavy atom. The Morgan fingerprint density at radius 2 is 2.25 bits per heavy atom. The first kappa shape index (κ1) is 10.7. The van der Waals surface area contributed by atoms with Crippen molar-refractivity contribution in [2.45, 2.75) is 20.3 Å². The second kappa shape index (κ2) is 5.37. The summed E-state index contributed by atoms with van der Waals surface area (Å²) >= 11 is 0. The van der Waals surface area contributed by atoms with E-state index in [-0.39, 0.29) is 5.92 Å². The SMILES string of the molecule is C=C/C(=C\CC(C)C#N)C(=C)C. The Balaban J connectivity index is 4.24. The number of allylic oxidation sites excluding steroid dienone is 4. The fraction of sp³-hybridized carbons (Fsp3) is 0.364. The molecule has 0 saturated carbocycles. The van der Waals surface area contributed by atoms with Crippen LogP contribution in [0.2, 0.25) is 0 Å². The maximum absolute atomic E-state index is 8.53. The second-order valence-electron chi connectivity index (χ2n) is 2.91. The molecule has 0 bridgehead atoms. The molecule has 64 valence electrons. The molecule has 0 N–H and O–H groups in total. The molecule has 0 amide bonds. The summed E-state index contributed by atoms with van der Waals surface area (Å²) in [6, 6.07) is 2.17. The van der Waals surface area contributed by atoms with E-state index in [0.717, 1.165) is 17.6 Å². The van der Waals surface area contributed by atoms with Crippen molar-refractivity contribution >= 4 is 0 Å². The van der Waals surface area contributed by atoms with Gasteiger partial charge in [0, 0.05) is 5.92 Å². The Morgan fingerprint density at radius 3 is 2.58 bits per heavy atom. The molecule has 1 unspecified atom stereocenters. The van der Waals surface area contributed by atoms with Gasteiger partial charge in [-0.25, -0.2) is 0 Å². The number of nitrogens with zero attached hydrogens (tertiary/aromatic N) is 1. The highest BCUT2D eigenvalue weighted by Crippen LogP contribution is 2.11. The van der Waals surface area contributed by atoms with Crippen LogP contribution in [-0.4, -0.2) is 0 Å². The zero-order chi connectivity index (χ0) is 9.56. The van der Waals surface area contributed by atoms with Gasteiger partial charge in [0.25, 0.3) is 0 Å². The van der Waals surface area contributed by atoms with Crippen molar-refractivity contribution in [3.05, 3.63) is 36.5 Å². The van der Waals surface area contributed by atoms with Gasteiger partial charge in [0.1, 0.15) is 0 Å². The standard InChI is InChI=1S/C11H15N/c1-5-11(9(2)3)7-6-10(4)8-12/h5,7,10H,1-2,6H2,3-4H3/b11-7+. The van der Waals surface area contributed by atoms with Crippen molar-refractivity contribution in [1.29, 1.82) is 5.26 Å². The highest BCUT2D eigenvalue weighted by molar-refractivity contribution is 5.35. The molecule has 0 aromatic carbocycles. The molecule has 0 aromatic rings. The average molecular weight is 161 g/mol. The molecule has 0 aliphatic carbocycles.